The lowest BCUT2D eigenvalue weighted by Crippen LogP contribution is -3.00. The molecule has 4 nitrogen and oxygen atoms in total. The van der Waals surface area contributed by atoms with E-state index >= 15 is 0 Å². The number of unbranched alkanes of at least 4 members (excludes halogenated alkanes) is 9. The van der Waals surface area contributed by atoms with E-state index in [1.54, 1.807) is 18.3 Å². The fourth-order valence-electron chi connectivity index (χ4n) is 4.80. The zero-order valence-corrected chi connectivity index (χ0v) is 26.6. The number of halogens is 1. The van der Waals surface area contributed by atoms with Gasteiger partial charge >= 0.3 is 0 Å². The number of hydrogen-bond acceptors (Lipinski definition) is 3. The van der Waals surface area contributed by atoms with Crippen molar-refractivity contribution in [3.05, 3.63) is 76.2 Å². The highest BCUT2D eigenvalue weighted by atomic mass is 79.9. The topological polar surface area (TPSA) is 33.4 Å². The van der Waals surface area contributed by atoms with Crippen LogP contribution in [-0.4, -0.2) is 19.1 Å². The van der Waals surface area contributed by atoms with Crippen molar-refractivity contribution < 1.29 is 31.1 Å². The Balaban J connectivity index is 0.00000533. The number of thiazole rings is 1. The Labute approximate surface area is 251 Å². The number of anilines is 1. The number of benzene rings is 2. The number of ether oxygens (including phenoxy) is 1. The molecule has 2 aromatic carbocycles. The van der Waals surface area contributed by atoms with Crippen molar-refractivity contribution in [2.75, 3.05) is 18.1 Å². The summed E-state index contributed by atoms with van der Waals surface area (Å²) in [5, 5.41) is 0. The van der Waals surface area contributed by atoms with E-state index < -0.39 is 0 Å². The number of nitrogens with zero attached hydrogens (tertiary/aromatic N) is 2. The first kappa shape index (κ1) is 33.0. The average Bonchev–Trinajstić information content (AvgIpc) is 3.32. The lowest BCUT2D eigenvalue weighted by Gasteiger charge is -2.22. The van der Waals surface area contributed by atoms with Gasteiger partial charge in [0, 0.05) is 24.7 Å². The summed E-state index contributed by atoms with van der Waals surface area (Å²) < 4.78 is 8.16. The minimum atomic E-state index is 0. The van der Waals surface area contributed by atoms with E-state index in [4.69, 9.17) is 4.74 Å². The SMILES string of the molecule is CCCCCCCCCCCCOc1ccc(CCN(C(C)=O)c2cccc(C[n+]3csc(C)c3)c2)cc1.[Br-]. The molecule has 0 saturated carbocycles. The Morgan fingerprint density at radius 1 is 0.897 bits per heavy atom. The molecule has 214 valence electrons. The third-order valence-corrected chi connectivity index (χ3v) is 7.86. The van der Waals surface area contributed by atoms with Crippen LogP contribution in [0.15, 0.2) is 60.2 Å². The summed E-state index contributed by atoms with van der Waals surface area (Å²) in [6.45, 7) is 8.29. The van der Waals surface area contributed by atoms with Crippen molar-refractivity contribution >= 4 is 22.9 Å². The van der Waals surface area contributed by atoms with Crippen molar-refractivity contribution in [2.24, 2.45) is 0 Å². The molecule has 0 unspecified atom stereocenters. The van der Waals surface area contributed by atoms with Crippen LogP contribution < -0.4 is 31.2 Å². The first-order valence-electron chi connectivity index (χ1n) is 14.6. The van der Waals surface area contributed by atoms with E-state index in [-0.39, 0.29) is 22.9 Å². The molecule has 0 bridgehead atoms. The van der Waals surface area contributed by atoms with Crippen LogP contribution in [0.2, 0.25) is 0 Å². The van der Waals surface area contributed by atoms with Crippen molar-refractivity contribution in [2.45, 2.75) is 97.9 Å². The maximum atomic E-state index is 12.5. The summed E-state index contributed by atoms with van der Waals surface area (Å²) in [6, 6.07) is 16.7. The molecular weight excluding hydrogens is 568 g/mol. The highest BCUT2D eigenvalue weighted by Gasteiger charge is 2.14. The highest BCUT2D eigenvalue weighted by molar-refractivity contribution is 7.09. The van der Waals surface area contributed by atoms with Gasteiger partial charge in [0.05, 0.1) is 11.5 Å². The summed E-state index contributed by atoms with van der Waals surface area (Å²) in [5.74, 6) is 1.000. The number of carbonyl (C=O) groups is 1. The minimum Gasteiger partial charge on any atom is -1.00 e. The number of carbonyl (C=O) groups excluding carboxylic acids is 1. The lowest BCUT2D eigenvalue weighted by molar-refractivity contribution is -0.683. The second-order valence-corrected chi connectivity index (χ2v) is 11.5. The summed E-state index contributed by atoms with van der Waals surface area (Å²) in [4.78, 5) is 15.6. The second kappa shape index (κ2) is 19.0. The molecule has 3 aromatic rings. The Kier molecular flexibility index (Phi) is 16.1. The van der Waals surface area contributed by atoms with Gasteiger partial charge in [-0.3, -0.25) is 4.79 Å². The van der Waals surface area contributed by atoms with Gasteiger partial charge in [0.15, 0.2) is 12.7 Å². The largest absolute Gasteiger partial charge is 1.00 e. The molecule has 0 aliphatic rings. The standard InChI is InChI=1S/C33H47N2O2S.BrH/c1-4-5-6-7-8-9-10-11-12-13-23-37-33-19-17-30(18-20-33)21-22-35(29(3)36)32-16-14-15-31(24-32)26-34-25-28(2)38-27-34;/h14-20,24-25,27H,4-13,21-23,26H2,1-3H3;1H/q+1;/p-1. The van der Waals surface area contributed by atoms with Gasteiger partial charge in [0.1, 0.15) is 5.75 Å². The molecule has 0 N–H and O–H groups in total. The Bertz CT molecular complexity index is 1080. The van der Waals surface area contributed by atoms with E-state index in [9.17, 15) is 4.79 Å². The number of aryl methyl sites for hydroxylation is 1. The molecule has 1 aromatic heterocycles. The molecule has 0 aliphatic carbocycles. The summed E-state index contributed by atoms with van der Waals surface area (Å²) in [6.07, 6.45) is 16.3. The van der Waals surface area contributed by atoms with Crippen LogP contribution in [0.5, 0.6) is 5.75 Å². The van der Waals surface area contributed by atoms with E-state index in [1.807, 2.05) is 17.0 Å². The number of hydrogen-bond donors (Lipinski definition) is 0. The monoisotopic (exact) mass is 614 g/mol. The van der Waals surface area contributed by atoms with Gasteiger partial charge in [0.25, 0.3) is 0 Å². The molecule has 0 spiro atoms. The van der Waals surface area contributed by atoms with Crippen molar-refractivity contribution in [3.8, 4) is 5.75 Å². The van der Waals surface area contributed by atoms with Crippen molar-refractivity contribution in [1.82, 2.24) is 0 Å². The second-order valence-electron chi connectivity index (χ2n) is 10.4. The average molecular weight is 616 g/mol. The highest BCUT2D eigenvalue weighted by Crippen LogP contribution is 2.19. The van der Waals surface area contributed by atoms with Gasteiger partial charge in [-0.15, -0.1) is 0 Å². The first-order valence-corrected chi connectivity index (χ1v) is 15.5. The predicted octanol–water partition coefficient (Wildman–Crippen LogP) is 5.29. The molecule has 0 atom stereocenters. The maximum absolute atomic E-state index is 12.5. The minimum absolute atomic E-state index is 0. The number of amides is 1. The van der Waals surface area contributed by atoms with Crippen LogP contribution in [0.25, 0.3) is 0 Å². The van der Waals surface area contributed by atoms with Crippen LogP contribution in [0.1, 0.15) is 94.1 Å². The van der Waals surface area contributed by atoms with Gasteiger partial charge in [-0.1, -0.05) is 100 Å². The first-order chi connectivity index (χ1) is 18.5. The quantitative estimate of drug-likeness (QED) is 0.144. The molecular formula is C33H47BrN2O2S. The van der Waals surface area contributed by atoms with E-state index in [1.165, 1.54) is 73.8 Å². The fraction of sp³-hybridized carbons (Fsp3) is 0.515. The van der Waals surface area contributed by atoms with E-state index in [0.717, 1.165) is 37.4 Å². The van der Waals surface area contributed by atoms with Crippen molar-refractivity contribution in [3.63, 3.8) is 0 Å². The molecule has 1 heterocycles. The van der Waals surface area contributed by atoms with Crippen LogP contribution in [-0.2, 0) is 17.8 Å². The summed E-state index contributed by atoms with van der Waals surface area (Å²) in [5.41, 5.74) is 5.50. The third kappa shape index (κ3) is 12.7. The zero-order chi connectivity index (χ0) is 27.0. The Hall–Kier alpha value is -2.18. The molecule has 0 aliphatic heterocycles. The molecule has 0 radical (unpaired) electrons. The van der Waals surface area contributed by atoms with E-state index in [2.05, 4.69) is 66.5 Å². The molecule has 39 heavy (non-hydrogen) atoms. The lowest BCUT2D eigenvalue weighted by atomic mass is 10.1. The molecule has 0 saturated heterocycles. The van der Waals surface area contributed by atoms with Gasteiger partial charge in [0.2, 0.25) is 11.4 Å². The van der Waals surface area contributed by atoms with Crippen LogP contribution in [0.4, 0.5) is 5.69 Å². The molecule has 3 rings (SSSR count). The fourth-order valence-corrected chi connectivity index (χ4v) is 5.44. The Morgan fingerprint density at radius 2 is 1.56 bits per heavy atom. The van der Waals surface area contributed by atoms with Gasteiger partial charge in [-0.05, 0) is 49.6 Å². The van der Waals surface area contributed by atoms with Crippen molar-refractivity contribution in [1.29, 1.82) is 0 Å². The summed E-state index contributed by atoms with van der Waals surface area (Å²) in [7, 11) is 0. The number of aromatic nitrogens is 1. The van der Waals surface area contributed by atoms with Crippen LogP contribution >= 0.6 is 11.3 Å². The van der Waals surface area contributed by atoms with Crippen LogP contribution in [0.3, 0.4) is 0 Å². The summed E-state index contributed by atoms with van der Waals surface area (Å²) >= 11 is 1.75. The predicted molar refractivity (Wildman–Crippen MR) is 160 cm³/mol. The van der Waals surface area contributed by atoms with Gasteiger partial charge in [-0.25, -0.2) is 0 Å². The third-order valence-electron chi connectivity index (χ3n) is 7.00. The van der Waals surface area contributed by atoms with E-state index in [0.29, 0.717) is 6.54 Å². The molecule has 0 fully saturated rings. The molecule has 1 amide bonds. The van der Waals surface area contributed by atoms with Gasteiger partial charge < -0.3 is 26.6 Å². The Morgan fingerprint density at radius 3 is 2.18 bits per heavy atom. The smallest absolute Gasteiger partial charge is 0.225 e. The van der Waals surface area contributed by atoms with Crippen LogP contribution in [0, 0.1) is 6.92 Å². The zero-order valence-electron chi connectivity index (χ0n) is 24.2. The normalized spacial score (nSPS) is 10.7. The van der Waals surface area contributed by atoms with Gasteiger partial charge in [-0.2, -0.15) is 4.57 Å². The maximum Gasteiger partial charge on any atom is 0.225 e. The number of rotatable bonds is 18. The molecule has 6 heteroatoms.